The van der Waals surface area contributed by atoms with Crippen molar-refractivity contribution < 1.29 is 14.4 Å². The molecule has 0 aromatic heterocycles. The monoisotopic (exact) mass is 592 g/mol. The van der Waals surface area contributed by atoms with Crippen LogP contribution in [0.5, 0.6) is 0 Å². The van der Waals surface area contributed by atoms with Crippen LogP contribution in [0.3, 0.4) is 0 Å². The molecular formula is C32H41ClN6O3. The Morgan fingerprint density at radius 3 is 2.33 bits per heavy atom. The quantitative estimate of drug-likeness (QED) is 0.439. The van der Waals surface area contributed by atoms with Gasteiger partial charge in [0.25, 0.3) is 5.91 Å². The van der Waals surface area contributed by atoms with Crippen molar-refractivity contribution in [3.05, 3.63) is 71.8 Å². The first kappa shape index (κ1) is 31.4. The lowest BCUT2D eigenvalue weighted by molar-refractivity contribution is -0.128. The zero-order valence-electron chi connectivity index (χ0n) is 24.8. The van der Waals surface area contributed by atoms with Crippen molar-refractivity contribution in [2.45, 2.75) is 32.5 Å². The molecule has 3 aromatic rings. The average Bonchev–Trinajstić information content (AvgIpc) is 3.09. The minimum atomic E-state index is -0.905. The second kappa shape index (κ2) is 13.6. The molecule has 2 heterocycles. The number of piperazine rings is 1. The van der Waals surface area contributed by atoms with E-state index in [1.165, 1.54) is 0 Å². The van der Waals surface area contributed by atoms with Gasteiger partial charge in [0.2, 0.25) is 11.8 Å². The van der Waals surface area contributed by atoms with Crippen LogP contribution in [0.15, 0.2) is 60.7 Å². The highest BCUT2D eigenvalue weighted by molar-refractivity contribution is 6.08. The van der Waals surface area contributed by atoms with E-state index in [0.29, 0.717) is 17.9 Å². The Morgan fingerprint density at radius 2 is 1.62 bits per heavy atom. The predicted molar refractivity (Wildman–Crippen MR) is 170 cm³/mol. The maximum Gasteiger partial charge on any atom is 0.251 e. The molecule has 0 radical (unpaired) electrons. The van der Waals surface area contributed by atoms with Crippen LogP contribution in [-0.2, 0) is 20.9 Å². The SMILES string of the molecule is CN[C@@H](C)C(=O)N[C@H]1CN(C(=O)CN2CCN(C)CC2)c2ccccc2N(Cc2c(C)ccc3ccccc23)C1=O.Cl. The van der Waals surface area contributed by atoms with Gasteiger partial charge in [-0.25, -0.2) is 0 Å². The minimum Gasteiger partial charge on any atom is -0.341 e. The lowest BCUT2D eigenvalue weighted by Gasteiger charge is -2.34. The van der Waals surface area contributed by atoms with Crippen molar-refractivity contribution in [2.75, 3.05) is 63.2 Å². The van der Waals surface area contributed by atoms with Crippen LogP contribution in [0.1, 0.15) is 18.1 Å². The van der Waals surface area contributed by atoms with E-state index in [1.54, 1.807) is 23.8 Å². The Morgan fingerprint density at radius 1 is 0.952 bits per heavy atom. The summed E-state index contributed by atoms with van der Waals surface area (Å²) in [5.41, 5.74) is 3.45. The number of rotatable bonds is 7. The van der Waals surface area contributed by atoms with Crippen LogP contribution in [0.25, 0.3) is 10.8 Å². The van der Waals surface area contributed by atoms with Crippen LogP contribution in [-0.4, -0.2) is 93.0 Å². The van der Waals surface area contributed by atoms with Crippen LogP contribution < -0.4 is 20.4 Å². The number of halogens is 1. The van der Waals surface area contributed by atoms with Crippen molar-refractivity contribution in [3.63, 3.8) is 0 Å². The first-order valence-corrected chi connectivity index (χ1v) is 14.3. The number of anilines is 2. The van der Waals surface area contributed by atoms with E-state index in [9.17, 15) is 14.4 Å². The molecule has 1 fully saturated rings. The molecule has 10 heteroatoms. The van der Waals surface area contributed by atoms with Gasteiger partial charge in [0.15, 0.2) is 0 Å². The number of carbonyl (C=O) groups excluding carboxylic acids is 3. The number of nitrogens with one attached hydrogen (secondary N) is 2. The van der Waals surface area contributed by atoms with Gasteiger partial charge in [-0.1, -0.05) is 48.5 Å². The molecule has 2 aliphatic heterocycles. The number of aryl methyl sites for hydroxylation is 1. The standard InChI is InChI=1S/C32H40N6O3.ClH/c1-22-13-14-24-9-5-6-10-25(24)26(22)19-38-29-12-8-7-11-28(29)37(30(39)21-36-17-15-35(4)16-18-36)20-27(32(38)41)34-31(40)23(2)33-3;/h5-14,23,27,33H,15-21H2,1-4H3,(H,34,40);1H/t23-,27-;/m0./s1. The normalized spacial score (nSPS) is 18.7. The summed E-state index contributed by atoms with van der Waals surface area (Å²) in [6.45, 7) is 7.86. The van der Waals surface area contributed by atoms with Crippen LogP contribution >= 0.6 is 12.4 Å². The Kier molecular flexibility index (Phi) is 10.2. The third-order valence-corrected chi connectivity index (χ3v) is 8.38. The molecule has 9 nitrogen and oxygen atoms in total. The number of para-hydroxylation sites is 2. The van der Waals surface area contributed by atoms with Crippen molar-refractivity contribution in [1.29, 1.82) is 0 Å². The van der Waals surface area contributed by atoms with Gasteiger partial charge in [0.05, 0.1) is 37.1 Å². The van der Waals surface area contributed by atoms with Crippen molar-refractivity contribution >= 4 is 52.3 Å². The number of benzene rings is 3. The smallest absolute Gasteiger partial charge is 0.251 e. The molecule has 0 saturated carbocycles. The zero-order valence-corrected chi connectivity index (χ0v) is 25.6. The summed E-state index contributed by atoms with van der Waals surface area (Å²) in [6, 6.07) is 18.5. The van der Waals surface area contributed by atoms with Crippen LogP contribution in [0.4, 0.5) is 11.4 Å². The van der Waals surface area contributed by atoms with Gasteiger partial charge in [0.1, 0.15) is 6.04 Å². The Hall–Kier alpha value is -3.50. The number of nitrogens with zero attached hydrogens (tertiary/aromatic N) is 4. The van der Waals surface area contributed by atoms with E-state index in [0.717, 1.165) is 48.1 Å². The summed E-state index contributed by atoms with van der Waals surface area (Å²) in [4.78, 5) is 49.1. The second-order valence-electron chi connectivity index (χ2n) is 11.2. The van der Waals surface area contributed by atoms with Gasteiger partial charge in [-0.2, -0.15) is 0 Å². The number of hydrogen-bond acceptors (Lipinski definition) is 6. The molecule has 3 amide bonds. The molecule has 0 bridgehead atoms. The van der Waals surface area contributed by atoms with Crippen molar-refractivity contribution in [2.24, 2.45) is 0 Å². The first-order chi connectivity index (χ1) is 19.8. The van der Waals surface area contributed by atoms with Gasteiger partial charge < -0.3 is 25.3 Å². The maximum absolute atomic E-state index is 14.3. The van der Waals surface area contributed by atoms with Gasteiger partial charge in [0, 0.05) is 26.2 Å². The average molecular weight is 593 g/mol. The molecule has 5 rings (SSSR count). The predicted octanol–water partition coefficient (Wildman–Crippen LogP) is 2.79. The Balaban J connectivity index is 0.00000405. The highest BCUT2D eigenvalue weighted by Crippen LogP contribution is 2.35. The third-order valence-electron chi connectivity index (χ3n) is 8.38. The lowest BCUT2D eigenvalue weighted by Crippen LogP contribution is -2.56. The van der Waals surface area contributed by atoms with E-state index in [-0.39, 0.29) is 43.2 Å². The number of amides is 3. The Bertz CT molecular complexity index is 1440. The van der Waals surface area contributed by atoms with Crippen LogP contribution in [0.2, 0.25) is 0 Å². The van der Waals surface area contributed by atoms with Gasteiger partial charge in [-0.05, 0) is 62.0 Å². The fourth-order valence-electron chi connectivity index (χ4n) is 5.62. The lowest BCUT2D eigenvalue weighted by atomic mass is 9.99. The minimum absolute atomic E-state index is 0. The van der Waals surface area contributed by atoms with Gasteiger partial charge in [-0.15, -0.1) is 12.4 Å². The highest BCUT2D eigenvalue weighted by Gasteiger charge is 2.38. The van der Waals surface area contributed by atoms with Crippen LogP contribution in [0, 0.1) is 6.92 Å². The molecule has 42 heavy (non-hydrogen) atoms. The Labute approximate surface area is 254 Å². The van der Waals surface area contributed by atoms with E-state index in [4.69, 9.17) is 0 Å². The van der Waals surface area contributed by atoms with Gasteiger partial charge in [-0.3, -0.25) is 19.3 Å². The molecule has 0 spiro atoms. The van der Waals surface area contributed by atoms with Crippen molar-refractivity contribution in [3.8, 4) is 0 Å². The second-order valence-corrected chi connectivity index (χ2v) is 11.2. The molecule has 2 N–H and O–H groups in total. The number of carbonyl (C=O) groups is 3. The highest BCUT2D eigenvalue weighted by atomic mass is 35.5. The summed E-state index contributed by atoms with van der Waals surface area (Å²) >= 11 is 0. The molecule has 224 valence electrons. The summed E-state index contributed by atoms with van der Waals surface area (Å²) in [7, 11) is 3.79. The molecule has 0 aliphatic carbocycles. The fraction of sp³-hybridized carbons (Fsp3) is 0.406. The molecule has 2 atom stereocenters. The molecule has 2 aliphatic rings. The maximum atomic E-state index is 14.3. The fourth-order valence-corrected chi connectivity index (χ4v) is 5.62. The summed E-state index contributed by atoms with van der Waals surface area (Å²) in [5, 5.41) is 8.07. The van der Waals surface area contributed by atoms with E-state index < -0.39 is 12.1 Å². The molecular weight excluding hydrogens is 552 g/mol. The number of likely N-dealkylation sites (N-methyl/N-ethyl adjacent to an activating group) is 2. The number of fused-ring (bicyclic) bond motifs is 2. The molecule has 3 aromatic carbocycles. The number of hydrogen-bond donors (Lipinski definition) is 2. The zero-order chi connectivity index (χ0) is 29.1. The topological polar surface area (TPSA) is 88.2 Å². The van der Waals surface area contributed by atoms with Gasteiger partial charge >= 0.3 is 0 Å². The largest absolute Gasteiger partial charge is 0.341 e. The van der Waals surface area contributed by atoms with Crippen molar-refractivity contribution in [1.82, 2.24) is 20.4 Å². The van der Waals surface area contributed by atoms with E-state index >= 15 is 0 Å². The van der Waals surface area contributed by atoms with E-state index in [2.05, 4.69) is 58.7 Å². The summed E-state index contributed by atoms with van der Waals surface area (Å²) in [6.07, 6.45) is 0. The summed E-state index contributed by atoms with van der Waals surface area (Å²) < 4.78 is 0. The molecule has 1 saturated heterocycles. The first-order valence-electron chi connectivity index (χ1n) is 14.3. The third kappa shape index (κ3) is 6.60. The summed E-state index contributed by atoms with van der Waals surface area (Å²) in [5.74, 6) is -0.611. The van der Waals surface area contributed by atoms with E-state index in [1.807, 2.05) is 36.4 Å². The molecule has 0 unspecified atom stereocenters.